The van der Waals surface area contributed by atoms with Crippen molar-refractivity contribution in [1.82, 2.24) is 0 Å². The van der Waals surface area contributed by atoms with Gasteiger partial charge >= 0.3 is 6.85 Å². The van der Waals surface area contributed by atoms with Gasteiger partial charge in [-0.2, -0.15) is 0 Å². The number of fused-ring (bicyclic) bond motifs is 10. The maximum absolute atomic E-state index is 6.57. The molecule has 4 heteroatoms. The van der Waals surface area contributed by atoms with Crippen LogP contribution in [0.15, 0.2) is 132 Å². The summed E-state index contributed by atoms with van der Waals surface area (Å²) in [4.78, 5) is 2.40. The van der Waals surface area contributed by atoms with Crippen LogP contribution in [0, 0.1) is 6.92 Å². The Balaban J connectivity index is 1.40. The van der Waals surface area contributed by atoms with Gasteiger partial charge in [-0.25, -0.2) is 0 Å². The summed E-state index contributed by atoms with van der Waals surface area (Å²) in [7, 11) is 0. The van der Waals surface area contributed by atoms with E-state index in [-0.39, 0.29) is 6.85 Å². The maximum atomic E-state index is 6.57. The Morgan fingerprint density at radius 2 is 1.20 bits per heavy atom. The molecule has 41 heavy (non-hydrogen) atoms. The molecule has 0 atom stereocenters. The van der Waals surface area contributed by atoms with Crippen LogP contribution in [0.1, 0.15) is 5.56 Å². The molecule has 3 heterocycles. The van der Waals surface area contributed by atoms with Crippen LogP contribution in [0.2, 0.25) is 0 Å². The molecule has 0 spiro atoms. The van der Waals surface area contributed by atoms with Gasteiger partial charge in [-0.1, -0.05) is 97.1 Å². The van der Waals surface area contributed by atoms with Crippen molar-refractivity contribution < 1.29 is 4.42 Å². The number of nitrogens with one attached hydrogen (secondary N) is 1. The lowest BCUT2D eigenvalue weighted by Crippen LogP contribution is -2.55. The Morgan fingerprint density at radius 1 is 0.561 bits per heavy atom. The van der Waals surface area contributed by atoms with E-state index in [0.717, 1.165) is 44.7 Å². The van der Waals surface area contributed by atoms with E-state index in [1.807, 2.05) is 6.07 Å². The molecule has 0 fully saturated rings. The van der Waals surface area contributed by atoms with E-state index < -0.39 is 0 Å². The van der Waals surface area contributed by atoms with Crippen molar-refractivity contribution in [2.45, 2.75) is 6.92 Å². The molecule has 0 saturated heterocycles. The third-order valence-corrected chi connectivity index (χ3v) is 8.87. The minimum Gasteiger partial charge on any atom is -0.454 e. The van der Waals surface area contributed by atoms with Crippen LogP contribution < -0.4 is 21.1 Å². The summed E-state index contributed by atoms with van der Waals surface area (Å²) in [6.07, 6.45) is 0. The maximum Gasteiger partial charge on any atom is 0.325 e. The number of furan rings is 1. The molecule has 2 bridgehead atoms. The number of hydrogen-bond acceptors (Lipinski definition) is 3. The van der Waals surface area contributed by atoms with Crippen molar-refractivity contribution >= 4 is 62.5 Å². The highest BCUT2D eigenvalue weighted by molar-refractivity contribution is 6.91. The van der Waals surface area contributed by atoms with E-state index in [1.54, 1.807) is 0 Å². The topological polar surface area (TPSA) is 28.4 Å². The summed E-state index contributed by atoms with van der Waals surface area (Å²) in [5.41, 5.74) is 15.1. The second-order valence-electron chi connectivity index (χ2n) is 11.0. The summed E-state index contributed by atoms with van der Waals surface area (Å²) in [6.45, 7) is 2.23. The van der Waals surface area contributed by atoms with E-state index in [1.165, 1.54) is 38.7 Å². The molecule has 0 amide bonds. The average molecular weight is 524 g/mol. The van der Waals surface area contributed by atoms with Gasteiger partial charge in [0.1, 0.15) is 5.58 Å². The molecule has 3 nitrogen and oxygen atoms in total. The van der Waals surface area contributed by atoms with Crippen molar-refractivity contribution in [3.05, 3.63) is 133 Å². The number of benzene rings is 6. The highest BCUT2D eigenvalue weighted by Crippen LogP contribution is 2.45. The number of rotatable bonds is 1. The van der Waals surface area contributed by atoms with E-state index in [9.17, 15) is 0 Å². The molecule has 2 aliphatic heterocycles. The molecule has 0 radical (unpaired) electrons. The van der Waals surface area contributed by atoms with Crippen LogP contribution in [0.25, 0.3) is 44.2 Å². The first-order chi connectivity index (χ1) is 20.3. The largest absolute Gasteiger partial charge is 0.454 e. The SMILES string of the molecule is Cc1c2cccc1-c1cccc3c1B(Nc1ccccc1-2)c1ccccc1N3c1cccc2c1oc1ccccc12. The lowest BCUT2D eigenvalue weighted by Gasteiger charge is -2.38. The Kier molecular flexibility index (Phi) is 4.62. The summed E-state index contributed by atoms with van der Waals surface area (Å²) >= 11 is 0. The van der Waals surface area contributed by atoms with Crippen LogP contribution in [0.5, 0.6) is 0 Å². The predicted molar refractivity (Wildman–Crippen MR) is 173 cm³/mol. The molecule has 1 aromatic heterocycles. The monoisotopic (exact) mass is 524 g/mol. The van der Waals surface area contributed by atoms with E-state index in [4.69, 9.17) is 4.42 Å². The van der Waals surface area contributed by atoms with Gasteiger partial charge in [-0.15, -0.1) is 0 Å². The van der Waals surface area contributed by atoms with Crippen LogP contribution in [0.4, 0.5) is 22.7 Å². The van der Waals surface area contributed by atoms with Gasteiger partial charge in [0.2, 0.25) is 0 Å². The first kappa shape index (κ1) is 22.6. The Hall–Kier alpha value is -5.22. The van der Waals surface area contributed by atoms with Gasteiger partial charge in [0.05, 0.1) is 5.69 Å². The minimum absolute atomic E-state index is 0.0293. The van der Waals surface area contributed by atoms with Crippen LogP contribution in [-0.2, 0) is 0 Å². The van der Waals surface area contributed by atoms with E-state index in [2.05, 4.69) is 138 Å². The Bertz CT molecular complexity index is 2180. The normalized spacial score (nSPS) is 13.1. The first-order valence-electron chi connectivity index (χ1n) is 14.2. The summed E-state index contributed by atoms with van der Waals surface area (Å²) < 4.78 is 6.57. The minimum atomic E-state index is -0.0293. The zero-order valence-corrected chi connectivity index (χ0v) is 22.6. The van der Waals surface area contributed by atoms with Gasteiger partial charge in [0.25, 0.3) is 0 Å². The van der Waals surface area contributed by atoms with Crippen molar-refractivity contribution in [2.24, 2.45) is 0 Å². The first-order valence-corrected chi connectivity index (χ1v) is 14.2. The third-order valence-electron chi connectivity index (χ3n) is 8.87. The molecule has 9 rings (SSSR count). The number of para-hydroxylation sites is 4. The fraction of sp³-hybridized carbons (Fsp3) is 0.0270. The van der Waals surface area contributed by atoms with E-state index >= 15 is 0 Å². The Labute approximate surface area is 238 Å². The molecule has 0 unspecified atom stereocenters. The van der Waals surface area contributed by atoms with Crippen molar-refractivity contribution in [3.63, 3.8) is 0 Å². The van der Waals surface area contributed by atoms with Crippen molar-refractivity contribution in [1.29, 1.82) is 0 Å². The highest BCUT2D eigenvalue weighted by Gasteiger charge is 2.38. The standard InChI is InChI=1S/C37H25BN2O/c1-23-24-13-8-14-25(23)28-15-9-20-33-36(28)38(39-31-18-5-2-11-26(24)31)30-17-4-6-19-32(30)40(33)34-21-10-16-29-27-12-3-7-22-35(27)41-37(29)34/h2-22,39H,1H3. The number of anilines is 4. The fourth-order valence-corrected chi connectivity index (χ4v) is 7.04. The van der Waals surface area contributed by atoms with Gasteiger partial charge < -0.3 is 14.5 Å². The van der Waals surface area contributed by atoms with Gasteiger partial charge in [-0.3, -0.25) is 0 Å². The summed E-state index contributed by atoms with van der Waals surface area (Å²) in [6, 6.07) is 45.7. The number of nitrogens with zero attached hydrogens (tertiary/aromatic N) is 1. The highest BCUT2D eigenvalue weighted by atomic mass is 16.3. The molecule has 0 aliphatic carbocycles. The lowest BCUT2D eigenvalue weighted by molar-refractivity contribution is 0.669. The second kappa shape index (κ2) is 8.39. The smallest absolute Gasteiger partial charge is 0.325 e. The molecule has 2 aliphatic rings. The Morgan fingerprint density at radius 3 is 2.15 bits per heavy atom. The van der Waals surface area contributed by atoms with Crippen molar-refractivity contribution in [2.75, 3.05) is 10.1 Å². The number of hydrogen-bond donors (Lipinski definition) is 1. The van der Waals surface area contributed by atoms with Gasteiger partial charge in [0.15, 0.2) is 5.58 Å². The molecule has 7 aromatic rings. The molecule has 1 N–H and O–H groups in total. The lowest BCUT2D eigenvalue weighted by atomic mass is 9.46. The predicted octanol–water partition coefficient (Wildman–Crippen LogP) is 8.54. The van der Waals surface area contributed by atoms with Crippen LogP contribution in [-0.4, -0.2) is 6.85 Å². The molecule has 192 valence electrons. The quantitative estimate of drug-likeness (QED) is 0.218. The third kappa shape index (κ3) is 3.10. The fourth-order valence-electron chi connectivity index (χ4n) is 7.04. The van der Waals surface area contributed by atoms with Crippen LogP contribution in [0.3, 0.4) is 0 Å². The molecule has 0 saturated carbocycles. The van der Waals surface area contributed by atoms with Crippen molar-refractivity contribution in [3.8, 4) is 22.3 Å². The van der Waals surface area contributed by atoms with E-state index in [0.29, 0.717) is 0 Å². The average Bonchev–Trinajstić information content (AvgIpc) is 3.40. The van der Waals surface area contributed by atoms with Gasteiger partial charge in [-0.05, 0) is 70.4 Å². The summed E-state index contributed by atoms with van der Waals surface area (Å²) in [5, 5.41) is 6.28. The molecular weight excluding hydrogens is 499 g/mol. The molecule has 6 aromatic carbocycles. The van der Waals surface area contributed by atoms with Crippen LogP contribution >= 0.6 is 0 Å². The zero-order chi connectivity index (χ0) is 27.1. The van der Waals surface area contributed by atoms with Gasteiger partial charge in [0, 0.05) is 33.4 Å². The summed E-state index contributed by atoms with van der Waals surface area (Å²) in [5.74, 6) is 0. The molecular formula is C37H25BN2O. The zero-order valence-electron chi connectivity index (χ0n) is 22.6. The second-order valence-corrected chi connectivity index (χ2v) is 11.0.